The van der Waals surface area contributed by atoms with Crippen LogP contribution in [0.4, 0.5) is 5.69 Å². The molecular weight excluding hydrogens is 442 g/mol. The summed E-state index contributed by atoms with van der Waals surface area (Å²) in [7, 11) is 1.69. The number of likely N-dealkylation sites (tertiary alicyclic amines) is 1. The Balaban J connectivity index is 1.46. The number of hydrogen-bond acceptors (Lipinski definition) is 6. The predicted molar refractivity (Wildman–Crippen MR) is 135 cm³/mol. The van der Waals surface area contributed by atoms with Gasteiger partial charge in [0.05, 0.1) is 36.0 Å². The number of carbonyl (C=O) groups excluding carboxylic acids is 1. The highest BCUT2D eigenvalue weighted by Crippen LogP contribution is 2.35. The minimum atomic E-state index is -0.355. The number of rotatable bonds is 6. The van der Waals surface area contributed by atoms with Crippen molar-refractivity contribution in [3.8, 4) is 11.8 Å². The van der Waals surface area contributed by atoms with Crippen LogP contribution in [-0.4, -0.2) is 68.5 Å². The van der Waals surface area contributed by atoms with Crippen molar-refractivity contribution in [2.45, 2.75) is 51.4 Å². The third-order valence-corrected chi connectivity index (χ3v) is 6.76. The number of piperidine rings is 1. The number of anilines is 1. The Morgan fingerprint density at radius 2 is 2.00 bits per heavy atom. The predicted octanol–water partition coefficient (Wildman–Crippen LogP) is 4.18. The second-order valence-corrected chi connectivity index (χ2v) is 9.86. The van der Waals surface area contributed by atoms with Crippen LogP contribution in [0.2, 0.25) is 0 Å². The van der Waals surface area contributed by atoms with E-state index < -0.39 is 0 Å². The van der Waals surface area contributed by atoms with E-state index in [1.165, 1.54) is 0 Å². The molecule has 2 heterocycles. The van der Waals surface area contributed by atoms with Gasteiger partial charge in [-0.3, -0.25) is 4.79 Å². The first-order valence-corrected chi connectivity index (χ1v) is 12.3. The van der Waals surface area contributed by atoms with E-state index in [9.17, 15) is 10.1 Å². The summed E-state index contributed by atoms with van der Waals surface area (Å²) >= 11 is 0. The molecule has 0 saturated carbocycles. The van der Waals surface area contributed by atoms with Crippen LogP contribution in [0.15, 0.2) is 42.5 Å². The molecule has 1 unspecified atom stereocenters. The summed E-state index contributed by atoms with van der Waals surface area (Å²) in [4.78, 5) is 17.5. The lowest BCUT2D eigenvalue weighted by atomic mass is 9.88. The third kappa shape index (κ3) is 5.77. The first-order valence-electron chi connectivity index (χ1n) is 12.3. The monoisotopic (exact) mass is 477 g/mol. The molecule has 0 radical (unpaired) electrons. The third-order valence-electron chi connectivity index (χ3n) is 6.76. The number of morpholine rings is 1. The molecule has 2 fully saturated rings. The smallest absolute Gasteiger partial charge is 0.253 e. The molecule has 0 N–H and O–H groups in total. The van der Waals surface area contributed by atoms with Crippen LogP contribution < -0.4 is 9.64 Å². The normalized spacial score (nSPS) is 19.6. The lowest BCUT2D eigenvalue weighted by Crippen LogP contribution is -2.61. The SMILES string of the molecule is COCC1CN(c2cccc(C#N)c2)CC2(CCN(C(=O)c3ccc(OC(C)C)c(C)c3)CC2)O1. The van der Waals surface area contributed by atoms with Crippen LogP contribution in [0.5, 0.6) is 5.75 Å². The summed E-state index contributed by atoms with van der Waals surface area (Å²) in [6, 6.07) is 15.6. The first kappa shape index (κ1) is 25.0. The van der Waals surface area contributed by atoms with E-state index in [0.717, 1.165) is 36.4 Å². The van der Waals surface area contributed by atoms with E-state index in [0.29, 0.717) is 37.4 Å². The van der Waals surface area contributed by atoms with Crippen molar-refractivity contribution in [1.82, 2.24) is 4.90 Å². The molecule has 186 valence electrons. The molecule has 7 nitrogen and oxygen atoms in total. The highest BCUT2D eigenvalue weighted by Gasteiger charge is 2.44. The highest BCUT2D eigenvalue weighted by molar-refractivity contribution is 5.94. The fourth-order valence-corrected chi connectivity index (χ4v) is 5.07. The maximum atomic E-state index is 13.3. The van der Waals surface area contributed by atoms with Gasteiger partial charge < -0.3 is 24.0 Å². The van der Waals surface area contributed by atoms with Gasteiger partial charge >= 0.3 is 0 Å². The molecule has 0 aliphatic carbocycles. The quantitative estimate of drug-likeness (QED) is 0.621. The molecule has 2 aromatic carbocycles. The summed E-state index contributed by atoms with van der Waals surface area (Å²) in [5.41, 5.74) is 2.96. The summed E-state index contributed by atoms with van der Waals surface area (Å²) in [5, 5.41) is 9.33. The van der Waals surface area contributed by atoms with Crippen molar-refractivity contribution in [3.63, 3.8) is 0 Å². The van der Waals surface area contributed by atoms with Gasteiger partial charge in [-0.05, 0) is 75.6 Å². The number of aryl methyl sites for hydroxylation is 1. The Kier molecular flexibility index (Phi) is 7.63. The molecule has 2 aromatic rings. The molecule has 1 amide bonds. The molecule has 35 heavy (non-hydrogen) atoms. The van der Waals surface area contributed by atoms with E-state index in [1.54, 1.807) is 7.11 Å². The fourth-order valence-electron chi connectivity index (χ4n) is 5.07. The number of benzene rings is 2. The van der Waals surface area contributed by atoms with Gasteiger partial charge in [-0.2, -0.15) is 5.26 Å². The van der Waals surface area contributed by atoms with E-state index in [4.69, 9.17) is 14.2 Å². The number of methoxy groups -OCH3 is 1. The van der Waals surface area contributed by atoms with Crippen LogP contribution >= 0.6 is 0 Å². The van der Waals surface area contributed by atoms with Crippen molar-refractivity contribution in [2.75, 3.05) is 44.8 Å². The summed E-state index contributed by atoms with van der Waals surface area (Å²) in [6.45, 7) is 9.16. The second kappa shape index (κ2) is 10.7. The van der Waals surface area contributed by atoms with Gasteiger partial charge in [-0.25, -0.2) is 0 Å². The van der Waals surface area contributed by atoms with Crippen molar-refractivity contribution >= 4 is 11.6 Å². The Morgan fingerprint density at radius 1 is 1.23 bits per heavy atom. The number of ether oxygens (including phenoxy) is 3. The van der Waals surface area contributed by atoms with Gasteiger partial charge in [-0.1, -0.05) is 6.07 Å². The van der Waals surface area contributed by atoms with Crippen molar-refractivity contribution in [2.24, 2.45) is 0 Å². The average molecular weight is 478 g/mol. The molecule has 2 aliphatic rings. The van der Waals surface area contributed by atoms with Gasteiger partial charge in [0.15, 0.2) is 0 Å². The van der Waals surface area contributed by atoms with Crippen LogP contribution in [-0.2, 0) is 9.47 Å². The molecule has 0 bridgehead atoms. The number of nitrogens with zero attached hydrogens (tertiary/aromatic N) is 3. The Labute approximate surface area is 208 Å². The zero-order valence-corrected chi connectivity index (χ0v) is 21.1. The van der Waals surface area contributed by atoms with E-state index in [2.05, 4.69) is 11.0 Å². The second-order valence-electron chi connectivity index (χ2n) is 9.86. The largest absolute Gasteiger partial charge is 0.491 e. The van der Waals surface area contributed by atoms with Gasteiger partial charge in [0, 0.05) is 44.5 Å². The molecule has 1 atom stereocenters. The molecule has 7 heteroatoms. The van der Waals surface area contributed by atoms with Crippen LogP contribution in [0, 0.1) is 18.3 Å². The van der Waals surface area contributed by atoms with Crippen LogP contribution in [0.25, 0.3) is 0 Å². The molecular formula is C28H35N3O4. The standard InChI is InChI=1S/C28H35N3O4/c1-20(2)34-26-9-8-23(14-21(26)3)27(32)30-12-10-28(11-13-30)19-31(17-25(35-28)18-33-4)24-7-5-6-22(15-24)16-29/h5-9,14-15,20,25H,10-13,17-19H2,1-4H3. The highest BCUT2D eigenvalue weighted by atomic mass is 16.5. The van der Waals surface area contributed by atoms with Crippen molar-refractivity contribution < 1.29 is 19.0 Å². The van der Waals surface area contributed by atoms with Gasteiger partial charge in [0.2, 0.25) is 0 Å². The lowest BCUT2D eigenvalue weighted by Gasteiger charge is -2.50. The summed E-state index contributed by atoms with van der Waals surface area (Å²) in [6.07, 6.45) is 1.52. The van der Waals surface area contributed by atoms with Crippen molar-refractivity contribution in [1.29, 1.82) is 5.26 Å². The Hall–Kier alpha value is -3.08. The summed E-state index contributed by atoms with van der Waals surface area (Å²) in [5.74, 6) is 0.858. The van der Waals surface area contributed by atoms with Crippen LogP contribution in [0.1, 0.15) is 48.2 Å². The van der Waals surface area contributed by atoms with Crippen LogP contribution in [0.3, 0.4) is 0 Å². The van der Waals surface area contributed by atoms with Gasteiger partial charge in [0.25, 0.3) is 5.91 Å². The topological polar surface area (TPSA) is 75.0 Å². The lowest BCUT2D eigenvalue weighted by molar-refractivity contribution is -0.145. The Morgan fingerprint density at radius 3 is 2.66 bits per heavy atom. The number of carbonyl (C=O) groups is 1. The molecule has 2 saturated heterocycles. The van der Waals surface area contributed by atoms with E-state index in [-0.39, 0.29) is 23.7 Å². The first-order chi connectivity index (χ1) is 16.8. The minimum Gasteiger partial charge on any atom is -0.491 e. The van der Waals surface area contributed by atoms with Crippen molar-refractivity contribution in [3.05, 3.63) is 59.2 Å². The zero-order chi connectivity index (χ0) is 25.0. The Bertz CT molecular complexity index is 1090. The molecule has 1 spiro atoms. The molecule has 4 rings (SSSR count). The maximum Gasteiger partial charge on any atom is 0.253 e. The summed E-state index contributed by atoms with van der Waals surface area (Å²) < 4.78 is 17.8. The van der Waals surface area contributed by atoms with Gasteiger partial charge in [-0.15, -0.1) is 0 Å². The number of hydrogen-bond donors (Lipinski definition) is 0. The zero-order valence-electron chi connectivity index (χ0n) is 21.1. The van der Waals surface area contributed by atoms with E-state index in [1.807, 2.05) is 68.1 Å². The fraction of sp³-hybridized carbons (Fsp3) is 0.500. The molecule has 0 aromatic heterocycles. The van der Waals surface area contributed by atoms with Gasteiger partial charge in [0.1, 0.15) is 5.75 Å². The average Bonchev–Trinajstić information content (AvgIpc) is 2.85. The minimum absolute atomic E-state index is 0.0434. The number of amides is 1. The maximum absolute atomic E-state index is 13.3. The van der Waals surface area contributed by atoms with E-state index >= 15 is 0 Å². The number of nitriles is 1. The molecule has 2 aliphatic heterocycles.